The van der Waals surface area contributed by atoms with Crippen molar-refractivity contribution in [2.75, 3.05) is 25.1 Å². The molecule has 0 aromatic rings. The molecule has 0 saturated heterocycles. The van der Waals surface area contributed by atoms with E-state index in [1.807, 2.05) is 20.1 Å². The fraction of sp³-hybridized carbons (Fsp3) is 0.737. The highest BCUT2D eigenvalue weighted by Gasteiger charge is 2.29. The van der Waals surface area contributed by atoms with Crippen molar-refractivity contribution < 1.29 is 24.3 Å². The van der Waals surface area contributed by atoms with Crippen LogP contribution in [0.25, 0.3) is 0 Å². The Morgan fingerprint density at radius 2 is 1.56 bits per heavy atom. The number of guanidine groups is 1. The third-order valence-corrected chi connectivity index (χ3v) is 4.99. The summed E-state index contributed by atoms with van der Waals surface area (Å²) in [5, 5.41) is 17.1. The van der Waals surface area contributed by atoms with Gasteiger partial charge in [0.05, 0.1) is 6.54 Å². The smallest absolute Gasteiger partial charge is 0.326 e. The predicted molar refractivity (Wildman–Crippen MR) is 125 cm³/mol. The maximum atomic E-state index is 12.8. The summed E-state index contributed by atoms with van der Waals surface area (Å²) in [6.07, 6.45) is 2.96. The molecule has 0 spiro atoms. The number of rotatable bonds is 16. The fourth-order valence-corrected chi connectivity index (χ4v) is 3.24. The first-order valence-electron chi connectivity index (χ1n) is 10.4. The van der Waals surface area contributed by atoms with Crippen molar-refractivity contribution in [3.63, 3.8) is 0 Å². The maximum absolute atomic E-state index is 12.8. The highest BCUT2D eigenvalue weighted by atomic mass is 32.2. The zero-order valence-corrected chi connectivity index (χ0v) is 19.7. The van der Waals surface area contributed by atoms with Gasteiger partial charge in [0.15, 0.2) is 5.96 Å². The van der Waals surface area contributed by atoms with Gasteiger partial charge in [0, 0.05) is 6.54 Å². The minimum atomic E-state index is -1.20. The van der Waals surface area contributed by atoms with Crippen LogP contribution >= 0.6 is 11.8 Å². The van der Waals surface area contributed by atoms with Crippen molar-refractivity contribution >= 4 is 41.4 Å². The van der Waals surface area contributed by atoms with Crippen molar-refractivity contribution in [2.24, 2.45) is 28.1 Å². The fourth-order valence-electron chi connectivity index (χ4n) is 2.77. The second kappa shape index (κ2) is 16.1. The average molecular weight is 476 g/mol. The van der Waals surface area contributed by atoms with E-state index < -0.39 is 41.8 Å². The number of hydrogen-bond acceptors (Lipinski definition) is 7. The molecular formula is C19H37N7O5S. The van der Waals surface area contributed by atoms with Gasteiger partial charge in [-0.05, 0) is 43.6 Å². The van der Waals surface area contributed by atoms with Gasteiger partial charge in [0.1, 0.15) is 18.1 Å². The summed E-state index contributed by atoms with van der Waals surface area (Å²) in [6, 6.07) is -2.97. The molecule has 0 aliphatic rings. The Balaban J connectivity index is 5.26. The van der Waals surface area contributed by atoms with Crippen LogP contribution in [0.2, 0.25) is 0 Å². The molecule has 12 nitrogen and oxygen atoms in total. The lowest BCUT2D eigenvalue weighted by atomic mass is 10.0. The molecule has 0 heterocycles. The van der Waals surface area contributed by atoms with E-state index in [1.54, 1.807) is 0 Å². The number of carbonyl (C=O) groups excluding carboxylic acids is 3. The molecule has 0 aliphatic carbocycles. The minimum Gasteiger partial charge on any atom is -0.480 e. The molecule has 10 N–H and O–H groups in total. The third kappa shape index (κ3) is 13.0. The Kier molecular flexibility index (Phi) is 14.9. The first-order valence-corrected chi connectivity index (χ1v) is 11.8. The summed E-state index contributed by atoms with van der Waals surface area (Å²) in [7, 11) is 0. The monoisotopic (exact) mass is 475 g/mol. The number of aliphatic imine (C=N–C) groups is 1. The Bertz CT molecular complexity index is 656. The lowest BCUT2D eigenvalue weighted by Gasteiger charge is -2.25. The standard InChI is InChI=1S/C19H37N7O5S/c1-11(2)9-14(24-15(27)10-20)17(29)25-12(6-8-32-3)16(28)26-13(18(30)31)5-4-7-23-19(21)22/h11-14H,4-10,20H2,1-3H3,(H,24,27)(H,25,29)(H,26,28)(H,30,31)(H4,21,22,23). The molecule has 3 unspecified atom stereocenters. The van der Waals surface area contributed by atoms with Crippen LogP contribution in [0, 0.1) is 5.92 Å². The molecule has 0 bridgehead atoms. The van der Waals surface area contributed by atoms with Gasteiger partial charge >= 0.3 is 5.97 Å². The van der Waals surface area contributed by atoms with E-state index in [9.17, 15) is 24.3 Å². The van der Waals surface area contributed by atoms with E-state index in [1.165, 1.54) is 11.8 Å². The number of nitrogens with two attached hydrogens (primary N) is 3. The van der Waals surface area contributed by atoms with Gasteiger partial charge in [-0.1, -0.05) is 13.8 Å². The Morgan fingerprint density at radius 1 is 0.969 bits per heavy atom. The van der Waals surface area contributed by atoms with Crippen LogP contribution in [0.4, 0.5) is 0 Å². The first kappa shape index (κ1) is 29.5. The first-order chi connectivity index (χ1) is 15.0. The van der Waals surface area contributed by atoms with Gasteiger partial charge < -0.3 is 38.3 Å². The summed E-state index contributed by atoms with van der Waals surface area (Å²) in [4.78, 5) is 52.6. The molecule has 0 radical (unpaired) electrons. The molecule has 3 atom stereocenters. The number of carboxylic acid groups (broad SMARTS) is 1. The lowest BCUT2D eigenvalue weighted by Crippen LogP contribution is -2.56. The van der Waals surface area contributed by atoms with E-state index in [4.69, 9.17) is 17.2 Å². The predicted octanol–water partition coefficient (Wildman–Crippen LogP) is -1.66. The molecule has 32 heavy (non-hydrogen) atoms. The molecule has 0 saturated carbocycles. The minimum absolute atomic E-state index is 0.0987. The van der Waals surface area contributed by atoms with E-state index >= 15 is 0 Å². The zero-order chi connectivity index (χ0) is 24.7. The summed E-state index contributed by atoms with van der Waals surface area (Å²) < 4.78 is 0. The molecule has 0 aromatic carbocycles. The molecule has 13 heteroatoms. The highest BCUT2D eigenvalue weighted by molar-refractivity contribution is 7.98. The molecule has 0 fully saturated rings. The summed E-state index contributed by atoms with van der Waals surface area (Å²) >= 11 is 1.48. The largest absolute Gasteiger partial charge is 0.480 e. The van der Waals surface area contributed by atoms with Crippen LogP contribution in [0.3, 0.4) is 0 Å². The van der Waals surface area contributed by atoms with Crippen molar-refractivity contribution in [2.45, 2.75) is 57.7 Å². The SMILES string of the molecule is CSCCC(NC(=O)C(CC(C)C)NC(=O)CN)C(=O)NC(CCCN=C(N)N)C(=O)O. The van der Waals surface area contributed by atoms with Gasteiger partial charge in [0.2, 0.25) is 17.7 Å². The third-order valence-electron chi connectivity index (χ3n) is 4.35. The summed E-state index contributed by atoms with van der Waals surface area (Å²) in [5.74, 6) is -2.27. The Hall–Kier alpha value is -2.54. The number of aliphatic carboxylic acids is 1. The number of carboxylic acids is 1. The van der Waals surface area contributed by atoms with Gasteiger partial charge in [-0.3, -0.25) is 19.4 Å². The number of thioether (sulfide) groups is 1. The average Bonchev–Trinajstić information content (AvgIpc) is 2.71. The number of hydrogen-bond donors (Lipinski definition) is 7. The van der Waals surface area contributed by atoms with Crippen molar-refractivity contribution in [3.05, 3.63) is 0 Å². The van der Waals surface area contributed by atoms with Crippen molar-refractivity contribution in [1.82, 2.24) is 16.0 Å². The van der Waals surface area contributed by atoms with E-state index in [2.05, 4.69) is 20.9 Å². The molecular weight excluding hydrogens is 438 g/mol. The van der Waals surface area contributed by atoms with Crippen LogP contribution in [0.1, 0.15) is 39.5 Å². The van der Waals surface area contributed by atoms with Crippen LogP contribution in [0.5, 0.6) is 0 Å². The highest BCUT2D eigenvalue weighted by Crippen LogP contribution is 2.08. The van der Waals surface area contributed by atoms with Crippen LogP contribution in [-0.4, -0.2) is 78.0 Å². The van der Waals surface area contributed by atoms with Crippen LogP contribution < -0.4 is 33.2 Å². The zero-order valence-electron chi connectivity index (χ0n) is 18.9. The topological polar surface area (TPSA) is 215 Å². The van der Waals surface area contributed by atoms with Crippen LogP contribution in [-0.2, 0) is 19.2 Å². The van der Waals surface area contributed by atoms with Gasteiger partial charge in [0.25, 0.3) is 0 Å². The number of amides is 3. The summed E-state index contributed by atoms with van der Waals surface area (Å²) in [6.45, 7) is 3.75. The van der Waals surface area contributed by atoms with Gasteiger partial charge in [-0.25, -0.2) is 4.79 Å². The van der Waals surface area contributed by atoms with E-state index in [0.717, 1.165) is 0 Å². The summed E-state index contributed by atoms with van der Waals surface area (Å²) in [5.41, 5.74) is 15.8. The molecule has 184 valence electrons. The Morgan fingerprint density at radius 3 is 2.06 bits per heavy atom. The van der Waals surface area contributed by atoms with Gasteiger partial charge in [-0.2, -0.15) is 11.8 Å². The normalized spacial score (nSPS) is 13.5. The number of nitrogens with zero attached hydrogens (tertiary/aromatic N) is 1. The molecule has 0 aromatic heterocycles. The van der Waals surface area contributed by atoms with Crippen molar-refractivity contribution in [1.29, 1.82) is 0 Å². The second-order valence-corrected chi connectivity index (χ2v) is 8.63. The number of carbonyl (C=O) groups is 4. The maximum Gasteiger partial charge on any atom is 0.326 e. The van der Waals surface area contributed by atoms with E-state index in [0.29, 0.717) is 18.6 Å². The van der Waals surface area contributed by atoms with Gasteiger partial charge in [-0.15, -0.1) is 0 Å². The van der Waals surface area contributed by atoms with Crippen molar-refractivity contribution in [3.8, 4) is 0 Å². The molecule has 3 amide bonds. The quantitative estimate of drug-likeness (QED) is 0.0771. The van der Waals surface area contributed by atoms with Crippen LogP contribution in [0.15, 0.2) is 4.99 Å². The lowest BCUT2D eigenvalue weighted by molar-refractivity contribution is -0.142. The Labute approximate surface area is 192 Å². The molecule has 0 aliphatic heterocycles. The second-order valence-electron chi connectivity index (χ2n) is 7.64. The van der Waals surface area contributed by atoms with E-state index in [-0.39, 0.29) is 37.8 Å². The molecule has 0 rings (SSSR count). The number of nitrogens with one attached hydrogen (secondary N) is 3.